The molecule has 3 nitrogen and oxygen atoms in total. The van der Waals surface area contributed by atoms with Gasteiger partial charge in [0.15, 0.2) is 0 Å². The Bertz CT molecular complexity index is 712. The Morgan fingerprint density at radius 1 is 0.952 bits per heavy atom. The number of hydrogen-bond donors (Lipinski definition) is 1. The van der Waals surface area contributed by atoms with E-state index in [0.29, 0.717) is 5.82 Å². The Kier molecular flexibility index (Phi) is 3.73. The molecule has 21 heavy (non-hydrogen) atoms. The van der Waals surface area contributed by atoms with Crippen LogP contribution < -0.4 is 5.73 Å². The Balaban J connectivity index is 1.85. The first-order valence-corrected chi connectivity index (χ1v) is 7.23. The number of para-hydroxylation sites is 1. The van der Waals surface area contributed by atoms with Gasteiger partial charge in [0.2, 0.25) is 0 Å². The van der Waals surface area contributed by atoms with Gasteiger partial charge in [-0.05, 0) is 29.7 Å². The van der Waals surface area contributed by atoms with Crippen molar-refractivity contribution in [3.05, 3.63) is 77.5 Å². The van der Waals surface area contributed by atoms with Gasteiger partial charge < -0.3 is 5.73 Å². The van der Waals surface area contributed by atoms with Gasteiger partial charge >= 0.3 is 0 Å². The number of aromatic nitrogens is 2. The number of nitrogens with zero attached hydrogens (tertiary/aromatic N) is 2. The number of benzene rings is 2. The molecule has 0 fully saturated rings. The SMILES string of the molecule is CCc1ccc(Cc2cnn(-c3ccccc3)c2N)cc1. The van der Waals surface area contributed by atoms with Crippen LogP contribution in [0.15, 0.2) is 60.8 Å². The molecule has 0 bridgehead atoms. The van der Waals surface area contributed by atoms with Crippen LogP contribution in [-0.2, 0) is 12.8 Å². The highest BCUT2D eigenvalue weighted by Gasteiger charge is 2.09. The monoisotopic (exact) mass is 277 g/mol. The van der Waals surface area contributed by atoms with Gasteiger partial charge in [0.25, 0.3) is 0 Å². The van der Waals surface area contributed by atoms with Crippen LogP contribution in [0.4, 0.5) is 5.82 Å². The van der Waals surface area contributed by atoms with E-state index in [-0.39, 0.29) is 0 Å². The van der Waals surface area contributed by atoms with Gasteiger partial charge in [0, 0.05) is 12.0 Å². The van der Waals surface area contributed by atoms with Crippen molar-refractivity contribution in [1.82, 2.24) is 9.78 Å². The van der Waals surface area contributed by atoms with E-state index in [9.17, 15) is 0 Å². The fourth-order valence-electron chi connectivity index (χ4n) is 2.42. The lowest BCUT2D eigenvalue weighted by molar-refractivity contribution is 0.891. The molecule has 0 unspecified atom stereocenters. The molecule has 0 saturated heterocycles. The standard InChI is InChI=1S/C18H19N3/c1-2-14-8-10-15(11-9-14)12-16-13-20-21(18(16)19)17-6-4-3-5-7-17/h3-11,13H,2,12,19H2,1H3. The van der Waals surface area contributed by atoms with Crippen LogP contribution in [0.25, 0.3) is 5.69 Å². The third-order valence-corrected chi connectivity index (χ3v) is 3.71. The molecule has 3 rings (SSSR count). The summed E-state index contributed by atoms with van der Waals surface area (Å²) in [6, 6.07) is 18.6. The van der Waals surface area contributed by atoms with E-state index in [1.54, 1.807) is 4.68 Å². The van der Waals surface area contributed by atoms with Crippen LogP contribution in [0.2, 0.25) is 0 Å². The Labute approximate surface area is 125 Å². The smallest absolute Gasteiger partial charge is 0.130 e. The Hall–Kier alpha value is -2.55. The molecule has 0 amide bonds. The van der Waals surface area contributed by atoms with Crippen molar-refractivity contribution in [2.45, 2.75) is 19.8 Å². The second-order valence-electron chi connectivity index (χ2n) is 5.15. The average Bonchev–Trinajstić information content (AvgIpc) is 2.90. The Morgan fingerprint density at radius 2 is 1.62 bits per heavy atom. The van der Waals surface area contributed by atoms with Crippen LogP contribution in [0.1, 0.15) is 23.6 Å². The van der Waals surface area contributed by atoms with Gasteiger partial charge in [-0.2, -0.15) is 5.10 Å². The molecule has 0 radical (unpaired) electrons. The average molecular weight is 277 g/mol. The highest BCUT2D eigenvalue weighted by Crippen LogP contribution is 2.20. The van der Waals surface area contributed by atoms with Crippen LogP contribution >= 0.6 is 0 Å². The molecular weight excluding hydrogens is 258 g/mol. The molecule has 0 saturated carbocycles. The van der Waals surface area contributed by atoms with Crippen molar-refractivity contribution in [2.24, 2.45) is 0 Å². The number of hydrogen-bond acceptors (Lipinski definition) is 2. The second kappa shape index (κ2) is 5.83. The third-order valence-electron chi connectivity index (χ3n) is 3.71. The molecule has 1 heterocycles. The highest BCUT2D eigenvalue weighted by molar-refractivity contribution is 5.48. The number of nitrogens with two attached hydrogens (primary N) is 1. The van der Waals surface area contributed by atoms with E-state index in [1.807, 2.05) is 36.5 Å². The molecule has 0 aliphatic carbocycles. The second-order valence-corrected chi connectivity index (χ2v) is 5.15. The summed E-state index contributed by atoms with van der Waals surface area (Å²) >= 11 is 0. The van der Waals surface area contributed by atoms with E-state index in [0.717, 1.165) is 24.1 Å². The molecule has 0 atom stereocenters. The molecule has 106 valence electrons. The lowest BCUT2D eigenvalue weighted by Gasteiger charge is -2.05. The van der Waals surface area contributed by atoms with Crippen molar-refractivity contribution < 1.29 is 0 Å². The topological polar surface area (TPSA) is 43.8 Å². The first-order valence-electron chi connectivity index (χ1n) is 7.23. The minimum absolute atomic E-state index is 0.709. The molecule has 3 heteroatoms. The number of rotatable bonds is 4. The summed E-state index contributed by atoms with van der Waals surface area (Å²) in [5.41, 5.74) is 10.9. The molecule has 1 aromatic heterocycles. The van der Waals surface area contributed by atoms with E-state index >= 15 is 0 Å². The van der Waals surface area contributed by atoms with Gasteiger partial charge in [-0.3, -0.25) is 0 Å². The molecule has 0 spiro atoms. The molecule has 0 aliphatic rings. The zero-order chi connectivity index (χ0) is 14.7. The molecular formula is C18H19N3. The molecule has 2 aromatic carbocycles. The first kappa shape index (κ1) is 13.4. The summed E-state index contributed by atoms with van der Waals surface area (Å²) < 4.78 is 1.79. The summed E-state index contributed by atoms with van der Waals surface area (Å²) in [4.78, 5) is 0. The fraction of sp³-hybridized carbons (Fsp3) is 0.167. The Morgan fingerprint density at radius 3 is 2.29 bits per heavy atom. The van der Waals surface area contributed by atoms with E-state index in [2.05, 4.69) is 36.3 Å². The maximum absolute atomic E-state index is 6.24. The van der Waals surface area contributed by atoms with Gasteiger partial charge in [-0.15, -0.1) is 0 Å². The molecule has 2 N–H and O–H groups in total. The summed E-state index contributed by atoms with van der Waals surface area (Å²) in [6.45, 7) is 2.16. The first-order chi connectivity index (χ1) is 10.3. The van der Waals surface area contributed by atoms with Gasteiger partial charge in [0.1, 0.15) is 5.82 Å². The van der Waals surface area contributed by atoms with Crippen molar-refractivity contribution in [3.8, 4) is 5.69 Å². The third kappa shape index (κ3) is 2.82. The van der Waals surface area contributed by atoms with E-state index in [1.165, 1.54) is 11.1 Å². The van der Waals surface area contributed by atoms with Crippen LogP contribution in [-0.4, -0.2) is 9.78 Å². The summed E-state index contributed by atoms with van der Waals surface area (Å²) in [6.07, 6.45) is 3.73. The summed E-state index contributed by atoms with van der Waals surface area (Å²) in [5, 5.41) is 4.41. The van der Waals surface area contributed by atoms with Crippen molar-refractivity contribution in [3.63, 3.8) is 0 Å². The highest BCUT2D eigenvalue weighted by atomic mass is 15.3. The van der Waals surface area contributed by atoms with Crippen molar-refractivity contribution in [1.29, 1.82) is 0 Å². The summed E-state index contributed by atoms with van der Waals surface area (Å²) in [5.74, 6) is 0.709. The lowest BCUT2D eigenvalue weighted by Crippen LogP contribution is -2.03. The van der Waals surface area contributed by atoms with E-state index < -0.39 is 0 Å². The maximum atomic E-state index is 6.24. The summed E-state index contributed by atoms with van der Waals surface area (Å²) in [7, 11) is 0. The van der Waals surface area contributed by atoms with Gasteiger partial charge in [-0.1, -0.05) is 49.4 Å². The zero-order valence-electron chi connectivity index (χ0n) is 12.2. The van der Waals surface area contributed by atoms with E-state index in [4.69, 9.17) is 5.73 Å². The fourth-order valence-corrected chi connectivity index (χ4v) is 2.42. The lowest BCUT2D eigenvalue weighted by atomic mass is 10.0. The number of aryl methyl sites for hydroxylation is 1. The van der Waals surface area contributed by atoms with Gasteiger partial charge in [0.05, 0.1) is 11.9 Å². The zero-order valence-corrected chi connectivity index (χ0v) is 12.2. The number of nitrogen functional groups attached to an aromatic ring is 1. The normalized spacial score (nSPS) is 10.7. The van der Waals surface area contributed by atoms with Crippen LogP contribution in [0.3, 0.4) is 0 Å². The quantitative estimate of drug-likeness (QED) is 0.791. The van der Waals surface area contributed by atoms with Crippen LogP contribution in [0.5, 0.6) is 0 Å². The minimum Gasteiger partial charge on any atom is -0.383 e. The predicted molar refractivity (Wildman–Crippen MR) is 86.6 cm³/mol. The minimum atomic E-state index is 0.709. The molecule has 3 aromatic rings. The van der Waals surface area contributed by atoms with Crippen molar-refractivity contribution >= 4 is 5.82 Å². The molecule has 0 aliphatic heterocycles. The largest absolute Gasteiger partial charge is 0.383 e. The predicted octanol–water partition coefficient (Wildman–Crippen LogP) is 3.61. The number of anilines is 1. The maximum Gasteiger partial charge on any atom is 0.130 e. The van der Waals surface area contributed by atoms with Crippen molar-refractivity contribution in [2.75, 3.05) is 5.73 Å². The van der Waals surface area contributed by atoms with Gasteiger partial charge in [-0.25, -0.2) is 4.68 Å². The van der Waals surface area contributed by atoms with Crippen LogP contribution in [0, 0.1) is 0 Å².